The summed E-state index contributed by atoms with van der Waals surface area (Å²) in [5.41, 5.74) is 0.233. The molecule has 184 valence electrons. The van der Waals surface area contributed by atoms with Crippen LogP contribution in [0.3, 0.4) is 0 Å². The topological polar surface area (TPSA) is 52.9 Å². The van der Waals surface area contributed by atoms with E-state index in [1.165, 1.54) is 5.92 Å². The van der Waals surface area contributed by atoms with Crippen LogP contribution >= 0.6 is 0 Å². The molecule has 0 rings (SSSR count). The first kappa shape index (κ1) is 34.8. The minimum atomic E-state index is -0.473. The van der Waals surface area contributed by atoms with E-state index in [0.717, 1.165) is 6.42 Å². The summed E-state index contributed by atoms with van der Waals surface area (Å²) in [5, 5.41) is 9.54. The zero-order valence-electron chi connectivity index (χ0n) is 23.6. The first-order valence-electron chi connectivity index (χ1n) is 11.2. The summed E-state index contributed by atoms with van der Waals surface area (Å²) >= 11 is -0.473. The molecule has 0 spiro atoms. The van der Waals surface area contributed by atoms with E-state index in [0.29, 0.717) is 5.92 Å². The maximum atomic E-state index is 4.77. The molecular weight excluding hydrogens is 452 g/mol. The fourth-order valence-electron chi connectivity index (χ4n) is 1.72. The Morgan fingerprint density at radius 1 is 0.667 bits per heavy atom. The molecule has 0 aliphatic rings. The molecule has 0 aliphatic carbocycles. The summed E-state index contributed by atoms with van der Waals surface area (Å²) in [6.45, 7) is 36.3. The third kappa shape index (κ3) is 42.3. The minimum absolute atomic E-state index is 0.00824. The van der Waals surface area contributed by atoms with E-state index in [1.807, 2.05) is 0 Å². The monoisotopic (exact) mass is 509 g/mol. The summed E-state index contributed by atoms with van der Waals surface area (Å²) < 4.78 is 9.01. The van der Waals surface area contributed by atoms with Crippen molar-refractivity contribution in [3.05, 3.63) is 16.6 Å². The second kappa shape index (κ2) is 15.1. The first-order valence-corrected chi connectivity index (χ1v) is 13.0. The second-order valence-corrected chi connectivity index (χ2v) is 14.1. The van der Waals surface area contributed by atoms with Gasteiger partial charge in [-0.2, -0.15) is 20.8 Å². The summed E-state index contributed by atoms with van der Waals surface area (Å²) in [7, 11) is 0. The Labute approximate surface area is 199 Å². The van der Waals surface area contributed by atoms with E-state index in [4.69, 9.17) is 10.6 Å². The van der Waals surface area contributed by atoms with Gasteiger partial charge >= 0.3 is 77.8 Å². The zero-order valence-corrected chi connectivity index (χ0v) is 25.6. The van der Waals surface area contributed by atoms with Crippen LogP contribution in [-0.4, -0.2) is 28.3 Å². The van der Waals surface area contributed by atoms with Gasteiger partial charge in [-0.25, -0.2) is 6.17 Å². The van der Waals surface area contributed by atoms with Crippen LogP contribution in [0.4, 0.5) is 0 Å². The third-order valence-corrected chi connectivity index (χ3v) is 5.48. The van der Waals surface area contributed by atoms with E-state index in [1.54, 1.807) is 0 Å². The van der Waals surface area contributed by atoms with Crippen LogP contribution in [0.2, 0.25) is 0 Å². The van der Waals surface area contributed by atoms with Crippen molar-refractivity contribution in [1.29, 1.82) is 0 Å². The molecule has 0 saturated carbocycles. The predicted octanol–water partition coefficient (Wildman–Crippen LogP) is 9.36. The van der Waals surface area contributed by atoms with Crippen molar-refractivity contribution >= 4 is 0 Å². The quantitative estimate of drug-likeness (QED) is 0.269. The Hall–Kier alpha value is 0.208. The molecule has 0 fully saturated rings. The third-order valence-electron chi connectivity index (χ3n) is 2.38. The molecule has 0 unspecified atom stereocenters. The van der Waals surface area contributed by atoms with Crippen LogP contribution in [0.15, 0.2) is 6.99 Å². The molecule has 0 radical (unpaired) electrons. The van der Waals surface area contributed by atoms with E-state index < -0.39 is 18.2 Å². The average molecular weight is 508 g/mol. The Balaban J connectivity index is -0.000000425. The van der Waals surface area contributed by atoms with E-state index in [9.17, 15) is 0 Å². The van der Waals surface area contributed by atoms with Crippen LogP contribution in [0.5, 0.6) is 0 Å². The van der Waals surface area contributed by atoms with Gasteiger partial charge in [0.05, 0.1) is 0 Å². The first-order chi connectivity index (χ1) is 12.9. The van der Waals surface area contributed by atoms with Gasteiger partial charge in [0.2, 0.25) is 0 Å². The van der Waals surface area contributed by atoms with Crippen LogP contribution < -0.4 is 0 Å². The zero-order chi connectivity index (χ0) is 25.0. The van der Waals surface area contributed by atoms with E-state index >= 15 is 0 Å². The van der Waals surface area contributed by atoms with Crippen molar-refractivity contribution in [2.45, 2.75) is 152 Å². The molecule has 0 amide bonds. The van der Waals surface area contributed by atoms with Crippen molar-refractivity contribution in [2.75, 3.05) is 0 Å². The molecule has 0 heterocycles. The fraction of sp³-hybridized carbons (Fsp3) is 0.960. The molecule has 30 heavy (non-hydrogen) atoms. The van der Waals surface area contributed by atoms with Gasteiger partial charge < -0.3 is 16.6 Å². The van der Waals surface area contributed by atoms with Crippen molar-refractivity contribution in [1.82, 2.24) is 0 Å². The molecule has 0 N–H and O–H groups in total. The number of rotatable bonds is 4. The van der Waals surface area contributed by atoms with Crippen LogP contribution in [0.1, 0.15) is 124 Å². The summed E-state index contributed by atoms with van der Waals surface area (Å²) in [4.78, 5) is 0. The summed E-state index contributed by atoms with van der Waals surface area (Å²) in [6, 6.07) is 0. The molecule has 0 aromatic rings. The Morgan fingerprint density at radius 3 is 1.10 bits per heavy atom. The SMILES string of the molecule is CC(C)(C)[N]=[Mo]=[N]C(C)(C)C.CC(C)CC([N-]C(C)(C)C)[N-]C(C)(C)C.C[C-](C)C. The van der Waals surface area contributed by atoms with Crippen LogP contribution in [0.25, 0.3) is 10.6 Å². The van der Waals surface area contributed by atoms with E-state index in [-0.39, 0.29) is 28.3 Å². The van der Waals surface area contributed by atoms with Gasteiger partial charge in [0.1, 0.15) is 0 Å². The molecule has 0 aromatic heterocycles. The van der Waals surface area contributed by atoms with Crippen molar-refractivity contribution < 1.29 is 18.2 Å². The van der Waals surface area contributed by atoms with Crippen LogP contribution in [0, 0.1) is 11.8 Å². The van der Waals surface area contributed by atoms with Gasteiger partial charge in [0.25, 0.3) is 0 Å². The van der Waals surface area contributed by atoms with Gasteiger partial charge in [0, 0.05) is 0 Å². The van der Waals surface area contributed by atoms with Gasteiger partial charge in [0.15, 0.2) is 0 Å². The number of hydrogen-bond acceptors (Lipinski definition) is 2. The normalized spacial score (nSPS) is 12.8. The van der Waals surface area contributed by atoms with Crippen molar-refractivity contribution in [3.63, 3.8) is 0 Å². The Morgan fingerprint density at radius 2 is 0.933 bits per heavy atom. The molecule has 0 atom stereocenters. The van der Waals surface area contributed by atoms with Gasteiger partial charge in [-0.15, -0.1) is 11.1 Å². The fourth-order valence-corrected chi connectivity index (χ4v) is 3.02. The number of nitrogens with zero attached hydrogens (tertiary/aromatic N) is 4. The molecule has 4 nitrogen and oxygen atoms in total. The standard InChI is InChI=1S/C13H28N2.2C4H9N.C4H9.Mo/c1-10(2)9-11(14-12(3,4)5)15-13(6,7)8;2*1-4(2,3)5;1-4(2)3;/h10-11H,9H2,1-8H3;2*1-3H3;1-3H3;/q-2;;;-1;. The second-order valence-electron chi connectivity index (χ2n) is 12.8. The largest absolute Gasteiger partial charge is 0.673 e. The molecule has 0 bridgehead atoms. The predicted molar refractivity (Wildman–Crippen MR) is 134 cm³/mol. The van der Waals surface area contributed by atoms with Crippen molar-refractivity contribution in [2.24, 2.45) is 12.9 Å². The maximum absolute atomic E-state index is 4.77. The molecular formula is C25H55MoN4-3. The molecule has 0 aliphatic heterocycles. The summed E-state index contributed by atoms with van der Waals surface area (Å²) in [5.74, 6) is 2.06. The molecule has 5 heteroatoms. The molecule has 0 aromatic carbocycles. The number of hydrogen-bond donors (Lipinski definition) is 0. The van der Waals surface area contributed by atoms with Crippen LogP contribution in [-0.2, 0) is 18.2 Å². The Bertz CT molecular complexity index is 440. The van der Waals surface area contributed by atoms with Gasteiger partial charge in [-0.3, -0.25) is 0 Å². The van der Waals surface area contributed by atoms with E-state index in [2.05, 4.69) is 125 Å². The van der Waals surface area contributed by atoms with Gasteiger partial charge in [-0.1, -0.05) is 67.7 Å². The maximum Gasteiger partial charge on any atom is -0.0501 e. The van der Waals surface area contributed by atoms with Gasteiger partial charge in [-0.05, 0) is 0 Å². The molecule has 0 saturated heterocycles. The Kier molecular flexibility index (Phi) is 17.5. The van der Waals surface area contributed by atoms with Crippen molar-refractivity contribution in [3.8, 4) is 0 Å². The average Bonchev–Trinajstić information content (AvgIpc) is 2.29. The minimum Gasteiger partial charge on any atom is -0.673 e. The summed E-state index contributed by atoms with van der Waals surface area (Å²) in [6.07, 6.45) is 1.19. The smallest absolute Gasteiger partial charge is 0.0501 e.